The summed E-state index contributed by atoms with van der Waals surface area (Å²) in [4.78, 5) is 3.90. The number of alkyl halides is 3. The number of halogens is 3. The average Bonchev–Trinajstić information content (AvgIpc) is 2.82. The van der Waals surface area contributed by atoms with Crippen LogP contribution < -0.4 is 5.73 Å². The summed E-state index contributed by atoms with van der Waals surface area (Å²) >= 11 is 0. The quantitative estimate of drug-likeness (QED) is 0.883. The lowest BCUT2D eigenvalue weighted by Gasteiger charge is -2.10. The van der Waals surface area contributed by atoms with Crippen molar-refractivity contribution in [1.29, 1.82) is 0 Å². The van der Waals surface area contributed by atoms with E-state index in [4.69, 9.17) is 5.73 Å². The molecule has 0 bridgehead atoms. The Balaban J connectivity index is 2.07. The van der Waals surface area contributed by atoms with Crippen LogP contribution in [0.2, 0.25) is 0 Å². The zero-order valence-corrected chi connectivity index (χ0v) is 9.28. The highest BCUT2D eigenvalue weighted by atomic mass is 19.4. The minimum Gasteiger partial charge on any atom is -0.321 e. The molecule has 1 heterocycles. The van der Waals surface area contributed by atoms with Gasteiger partial charge in [-0.2, -0.15) is 18.3 Å². The molecule has 0 radical (unpaired) electrons. The first-order chi connectivity index (χ1) is 8.47. The topological polar surface area (TPSA) is 67.6 Å². The van der Waals surface area contributed by atoms with Crippen LogP contribution in [-0.2, 0) is 12.6 Å². The predicted octanol–water partition coefficient (Wildman–Crippen LogP) is 2.07. The summed E-state index contributed by atoms with van der Waals surface area (Å²) in [5, 5.41) is 6.29. The normalized spacial score (nSPS) is 13.6. The molecule has 0 aliphatic rings. The number of nitrogens with zero attached hydrogens (tertiary/aromatic N) is 2. The third-order valence-corrected chi connectivity index (χ3v) is 2.52. The van der Waals surface area contributed by atoms with E-state index in [1.54, 1.807) is 0 Å². The molecular weight excluding hydrogens is 245 g/mol. The fraction of sp³-hybridized carbons (Fsp3) is 0.273. The number of hydrogen-bond donors (Lipinski definition) is 2. The number of nitrogens with one attached hydrogen (secondary N) is 1. The molecule has 96 valence electrons. The van der Waals surface area contributed by atoms with Gasteiger partial charge < -0.3 is 5.73 Å². The molecule has 18 heavy (non-hydrogen) atoms. The number of H-pyrrole nitrogens is 1. The van der Waals surface area contributed by atoms with Gasteiger partial charge in [0, 0.05) is 0 Å². The van der Waals surface area contributed by atoms with Gasteiger partial charge in [-0.05, 0) is 24.1 Å². The van der Waals surface area contributed by atoms with Gasteiger partial charge >= 0.3 is 6.18 Å². The first-order valence-electron chi connectivity index (χ1n) is 5.24. The molecule has 0 saturated heterocycles. The number of nitrogens with two attached hydrogens (primary N) is 1. The molecule has 3 N–H and O–H groups in total. The van der Waals surface area contributed by atoms with Crippen LogP contribution in [-0.4, -0.2) is 15.2 Å². The van der Waals surface area contributed by atoms with Gasteiger partial charge in [0.05, 0.1) is 11.6 Å². The van der Waals surface area contributed by atoms with Crippen LogP contribution in [0.4, 0.5) is 13.2 Å². The van der Waals surface area contributed by atoms with Crippen LogP contribution in [0.3, 0.4) is 0 Å². The van der Waals surface area contributed by atoms with Crippen LogP contribution in [0.25, 0.3) is 0 Å². The van der Waals surface area contributed by atoms with Gasteiger partial charge in [0.25, 0.3) is 0 Å². The van der Waals surface area contributed by atoms with E-state index >= 15 is 0 Å². The third kappa shape index (κ3) is 2.86. The maximum absolute atomic E-state index is 12.4. The van der Waals surface area contributed by atoms with E-state index < -0.39 is 17.8 Å². The molecule has 0 saturated carbocycles. The molecular formula is C11H11F3N4. The molecule has 0 spiro atoms. The van der Waals surface area contributed by atoms with Gasteiger partial charge in [-0.25, -0.2) is 4.98 Å². The number of hydrogen-bond acceptors (Lipinski definition) is 3. The summed E-state index contributed by atoms with van der Waals surface area (Å²) in [7, 11) is 0. The Morgan fingerprint density at radius 1 is 1.22 bits per heavy atom. The molecule has 0 amide bonds. The number of aromatic nitrogens is 3. The Kier molecular flexibility index (Phi) is 3.33. The maximum Gasteiger partial charge on any atom is 0.416 e. The minimum atomic E-state index is -4.31. The molecule has 1 aromatic heterocycles. The second-order valence-electron chi connectivity index (χ2n) is 3.88. The van der Waals surface area contributed by atoms with Gasteiger partial charge in [-0.15, -0.1) is 0 Å². The fourth-order valence-corrected chi connectivity index (χ4v) is 1.57. The second-order valence-corrected chi connectivity index (χ2v) is 3.88. The lowest BCUT2D eigenvalue weighted by atomic mass is 10.0. The summed E-state index contributed by atoms with van der Waals surface area (Å²) in [6.45, 7) is 0. The van der Waals surface area contributed by atoms with E-state index in [2.05, 4.69) is 15.2 Å². The van der Waals surface area contributed by atoms with E-state index in [0.29, 0.717) is 17.8 Å². The van der Waals surface area contributed by atoms with Gasteiger partial charge in [-0.3, -0.25) is 5.10 Å². The van der Waals surface area contributed by atoms with Crippen LogP contribution in [0.5, 0.6) is 0 Å². The highest BCUT2D eigenvalue weighted by molar-refractivity contribution is 5.25. The smallest absolute Gasteiger partial charge is 0.321 e. The molecule has 2 rings (SSSR count). The molecule has 0 aliphatic heterocycles. The van der Waals surface area contributed by atoms with E-state index in [1.165, 1.54) is 18.5 Å². The van der Waals surface area contributed by atoms with E-state index in [9.17, 15) is 13.2 Å². The van der Waals surface area contributed by atoms with E-state index in [1.807, 2.05) is 0 Å². The van der Waals surface area contributed by atoms with E-state index in [0.717, 1.165) is 12.1 Å². The molecule has 0 aliphatic carbocycles. The van der Waals surface area contributed by atoms with E-state index in [-0.39, 0.29) is 0 Å². The maximum atomic E-state index is 12.4. The Morgan fingerprint density at radius 3 is 2.39 bits per heavy atom. The summed E-state index contributed by atoms with van der Waals surface area (Å²) in [6, 6.07) is 4.51. The van der Waals surface area contributed by atoms with Gasteiger partial charge in [0.2, 0.25) is 0 Å². The summed E-state index contributed by atoms with van der Waals surface area (Å²) in [5.74, 6) is 0.509. The van der Waals surface area contributed by atoms with Crippen LogP contribution in [0, 0.1) is 0 Å². The highest BCUT2D eigenvalue weighted by Gasteiger charge is 2.29. The van der Waals surface area contributed by atoms with Crippen molar-refractivity contribution in [2.24, 2.45) is 5.73 Å². The molecule has 0 fully saturated rings. The van der Waals surface area contributed by atoms with Crippen LogP contribution >= 0.6 is 0 Å². The SMILES string of the molecule is NC(Cc1ccc(C(F)(F)F)cc1)c1ncn[nH]1. The molecule has 1 aromatic carbocycles. The van der Waals surface area contributed by atoms with Crippen LogP contribution in [0.15, 0.2) is 30.6 Å². The third-order valence-electron chi connectivity index (χ3n) is 2.52. The molecule has 1 atom stereocenters. The van der Waals surface area contributed by atoms with Gasteiger partial charge in [0.15, 0.2) is 0 Å². The lowest BCUT2D eigenvalue weighted by molar-refractivity contribution is -0.137. The number of aromatic amines is 1. The van der Waals surface area contributed by atoms with Crippen molar-refractivity contribution in [3.8, 4) is 0 Å². The number of benzene rings is 1. The van der Waals surface area contributed by atoms with Crippen molar-refractivity contribution >= 4 is 0 Å². The largest absolute Gasteiger partial charge is 0.416 e. The van der Waals surface area contributed by atoms with Gasteiger partial charge in [0.1, 0.15) is 12.2 Å². The molecule has 1 unspecified atom stereocenters. The van der Waals surface area contributed by atoms with Gasteiger partial charge in [-0.1, -0.05) is 12.1 Å². The average molecular weight is 256 g/mol. The minimum absolute atomic E-state index is 0.396. The van der Waals surface area contributed by atoms with Crippen LogP contribution in [0.1, 0.15) is 23.0 Å². The first kappa shape index (κ1) is 12.6. The van der Waals surface area contributed by atoms with Crippen molar-refractivity contribution in [3.63, 3.8) is 0 Å². The molecule has 4 nitrogen and oxygen atoms in total. The highest BCUT2D eigenvalue weighted by Crippen LogP contribution is 2.29. The van der Waals surface area contributed by atoms with Crippen molar-refractivity contribution in [1.82, 2.24) is 15.2 Å². The monoisotopic (exact) mass is 256 g/mol. The molecule has 2 aromatic rings. The van der Waals surface area contributed by atoms with Crippen molar-refractivity contribution in [3.05, 3.63) is 47.5 Å². The first-order valence-corrected chi connectivity index (χ1v) is 5.24. The van der Waals surface area contributed by atoms with Crippen molar-refractivity contribution < 1.29 is 13.2 Å². The Labute approximate surface area is 101 Å². The fourth-order valence-electron chi connectivity index (χ4n) is 1.57. The zero-order valence-electron chi connectivity index (χ0n) is 9.28. The summed E-state index contributed by atoms with van der Waals surface area (Å²) < 4.78 is 37.1. The Hall–Kier alpha value is -1.89. The van der Waals surface area contributed by atoms with Crippen molar-refractivity contribution in [2.45, 2.75) is 18.6 Å². The lowest BCUT2D eigenvalue weighted by Crippen LogP contribution is -2.15. The van der Waals surface area contributed by atoms with Crippen molar-refractivity contribution in [2.75, 3.05) is 0 Å². The summed E-state index contributed by atoms with van der Waals surface area (Å²) in [6.07, 6.45) is -2.58. The zero-order chi connectivity index (χ0) is 13.2. The predicted molar refractivity (Wildman–Crippen MR) is 58.5 cm³/mol. The molecule has 7 heteroatoms. The second kappa shape index (κ2) is 4.77. The summed E-state index contributed by atoms with van der Waals surface area (Å²) in [5.41, 5.74) is 5.89. The Bertz CT molecular complexity index is 490. The standard InChI is InChI=1S/C11H11F3N4/c12-11(13,14)8-3-1-7(2-4-8)5-9(15)10-16-6-17-18-10/h1-4,6,9H,5,15H2,(H,16,17,18). The Morgan fingerprint density at radius 2 is 1.89 bits per heavy atom. The number of rotatable bonds is 3.